The van der Waals surface area contributed by atoms with Crippen molar-refractivity contribution in [2.45, 2.75) is 59.8 Å². The molecule has 5 amide bonds. The Hall–Kier alpha value is -6.59. The predicted octanol–water partition coefficient (Wildman–Crippen LogP) is 13.2. The van der Waals surface area contributed by atoms with Gasteiger partial charge in [0.15, 0.2) is 40.3 Å². The minimum Gasteiger partial charge on any atom is -1.00 e. The molecule has 3 radical (unpaired) electrons. The second-order valence-corrected chi connectivity index (χ2v) is 32.5. The maximum atomic E-state index is 12.3. The van der Waals surface area contributed by atoms with Gasteiger partial charge in [-0.2, -0.15) is 0 Å². The Kier molecular flexibility index (Phi) is 79.1. The molecule has 0 spiro atoms. The Morgan fingerprint density at radius 3 is 1.29 bits per heavy atom. The van der Waals surface area contributed by atoms with Crippen LogP contribution < -0.4 is 143 Å². The van der Waals surface area contributed by atoms with Gasteiger partial charge in [0.1, 0.15) is 6.61 Å². The number of hydrogen-bond donors (Lipinski definition) is 5. The van der Waals surface area contributed by atoms with Crippen LogP contribution in [0.15, 0.2) is 146 Å². The summed E-state index contributed by atoms with van der Waals surface area (Å²) < 4.78 is 46.7. The van der Waals surface area contributed by atoms with Gasteiger partial charge in [-0.3, -0.25) is 33.0 Å². The molecule has 0 atom stereocenters. The number of imidazole rings is 1. The van der Waals surface area contributed by atoms with Gasteiger partial charge in [-0.15, -0.1) is 41.5 Å². The summed E-state index contributed by atoms with van der Waals surface area (Å²) in [4.78, 5) is 126. The summed E-state index contributed by atoms with van der Waals surface area (Å²) in [5.74, 6) is 0.0192. The van der Waals surface area contributed by atoms with E-state index < -0.39 is 39.4 Å². The molecule has 0 unspecified atom stereocenters. The molecule has 2 aromatic carbocycles. The van der Waals surface area contributed by atoms with E-state index >= 15 is 0 Å². The molecule has 10 heterocycles. The third-order valence-corrected chi connectivity index (χ3v) is 15.3. The molecule has 12 rings (SSSR count). The number of imide groups is 2. The molecule has 0 aliphatic carbocycles. The van der Waals surface area contributed by atoms with E-state index in [1.807, 2.05) is 0 Å². The number of hydrogen-bond acceptors (Lipinski definition) is 21. The fourth-order valence-electron chi connectivity index (χ4n) is 7.89. The van der Waals surface area contributed by atoms with Crippen LogP contribution in [0.3, 0.4) is 0 Å². The number of amides is 5. The van der Waals surface area contributed by atoms with Crippen molar-refractivity contribution in [1.29, 1.82) is 0 Å². The van der Waals surface area contributed by atoms with Crippen LogP contribution in [0.25, 0.3) is 44.7 Å². The summed E-state index contributed by atoms with van der Waals surface area (Å²) in [6.07, 6.45) is 3.77. The zero-order valence-corrected chi connectivity index (χ0v) is 86.9. The third-order valence-electron chi connectivity index (χ3n) is 12.7. The first-order valence-corrected chi connectivity index (χ1v) is 42.8. The molecule has 2 aliphatic rings. The number of nitrogens with two attached hydrogens (primary N) is 1. The van der Waals surface area contributed by atoms with Crippen molar-refractivity contribution in [3.05, 3.63) is 323 Å². The van der Waals surface area contributed by atoms with E-state index in [0.29, 0.717) is 112 Å². The summed E-state index contributed by atoms with van der Waals surface area (Å²) in [5, 5.41) is 28.6. The number of alkyl halides is 2. The molecule has 657 valence electrons. The number of esters is 1. The number of aliphatic hydroxyl groups excluding tert-OH is 2. The van der Waals surface area contributed by atoms with Crippen molar-refractivity contribution in [2.24, 2.45) is 5.73 Å². The van der Waals surface area contributed by atoms with Crippen molar-refractivity contribution >= 4 is 259 Å². The van der Waals surface area contributed by atoms with Crippen molar-refractivity contribution in [3.8, 4) is 0 Å². The van der Waals surface area contributed by atoms with Gasteiger partial charge in [-0.25, -0.2) is 18.4 Å². The number of halogens is 14. The fraction of sp³-hybridized carbons (Fsp3) is 0.160. The van der Waals surface area contributed by atoms with E-state index in [2.05, 4.69) is 135 Å². The molecule has 2 aliphatic heterocycles. The summed E-state index contributed by atoms with van der Waals surface area (Å²) in [7, 11) is 6.36. The minimum absolute atomic E-state index is 0. The second-order valence-electron chi connectivity index (χ2n) is 20.2. The number of nitrogens with one attached hydrogen (secondary N) is 1. The SMILES string of the molecule is CCO.O=C1[N-]C(=O)c2ccccc21.O=CO.O=P(Cl)(Cl)Cl.O=S(Cl)Cl.[2H]CC.[2H]CF.[B].[C-]#[N+]c1ccc(Cl)c(C(=O)OCC)n1.[C-]#[N+]c1ccc(Cl)c(CCl)n1.[C-]#[N+]c1ccc(Cl)c(CN)n1.[C-]#[N+]c1ccc(Cl)c(CN2C(=O)c3ccccc3C2=O)n1.[C-]#[N+]c1ccc(Cl)c(CNC=O)n1.[C-]#[N+]c1ccc(Cl)c(CO)n1.[C-]#[N+]c1ccc(Cl)c2cncn12.[H-].[K+].[K+].[Na+].[OH-]. The van der Waals surface area contributed by atoms with Crippen LogP contribution in [0.5, 0.6) is 0 Å². The normalized spacial score (nSPS) is 9.91. The van der Waals surface area contributed by atoms with Crippen LogP contribution in [0, 0.1) is 46.0 Å². The quantitative estimate of drug-likeness (QED) is 0.0124. The molecule has 10 aromatic rings. The van der Waals surface area contributed by atoms with Crippen LogP contribution in [0.2, 0.25) is 35.2 Å². The zero-order valence-electron chi connectivity index (χ0n) is 70.2. The summed E-state index contributed by atoms with van der Waals surface area (Å²) in [6.45, 7) is 53.3. The standard InChI is InChI=1S/C15H8ClN3O2.C9H7ClN2O2.C8H6ClN3O.C8H4ClN3.C8H5NO2.C7H4Cl2N2.C7H6ClN3.C7H5ClN2O.C2H6O.C2H6.CH3F.CH2O2.B.Cl3OP.Cl2OS.2K.Na.H2O.H/c1-17-13-7-6-11(16)12(18-13)8-19-14(20)9-4-2-3-5-10(9)15(19)21;1-3-14-9(13)8-6(10)4-5-7(11-2)12-8;1-10-8-3-2-6(9)7(12-8)4-11-5-13;1-10-8-3-2-6(9)7-4-11-5-12(7)8;10-7-5-3-1-2-4-6(5)8(11)9-7;1-10-7-3-2-5(9)6(4-8)11-7;1-10-7-3-2-5(8)6(4-9)11-7;1-9-7-3-2-5(8)6(4-11)10-7;1-2-3;2*1-2;2-1-3;;1-5(2,3)4;1-4(2)3;;;;;/h2-7H,8H2;4-5H,3H2,1H3;2-3,5H,4H2,(H,11,13);2-5H;1-4H,(H,9,10,11);2-3H,4H2;2-3H,4,9H2;2-3,11H,4H2;3H,2H2,1H3;1-2H3;1H3;1H,(H,2,3);;;;;;;1H2;/q;;;;;;;;;;;;;;;3*+1;;-1/p-2/i;;;;;;;;;2*1D;;;;;;;;;. The smallest absolute Gasteiger partial charge is 1.00 e. The average Bonchev–Trinajstić information content (AvgIpc) is 1.63. The number of nitrogens with zero attached hydrogens (tertiary/aromatic N) is 17. The fourth-order valence-corrected chi connectivity index (χ4v) is 9.41. The molecule has 7 N–H and O–H groups in total. The summed E-state index contributed by atoms with van der Waals surface area (Å²) in [5.41, 5.74) is 9.97. The molecule has 33 nitrogen and oxygen atoms in total. The van der Waals surface area contributed by atoms with Crippen molar-refractivity contribution in [1.82, 2.24) is 49.5 Å². The van der Waals surface area contributed by atoms with Crippen LogP contribution in [0.1, 0.15) is 112 Å². The molecule has 8 aromatic heterocycles. The number of aromatic nitrogens is 8. The first-order valence-electron chi connectivity index (χ1n) is 33.8. The van der Waals surface area contributed by atoms with Gasteiger partial charge in [0.25, 0.3) is 58.9 Å². The van der Waals surface area contributed by atoms with Gasteiger partial charge in [-0.05, 0) is 145 Å². The first-order chi connectivity index (χ1) is 59.4. The monoisotopic (exact) mass is 2100 g/mol. The van der Waals surface area contributed by atoms with Gasteiger partial charge >= 0.3 is 143 Å². The van der Waals surface area contributed by atoms with Gasteiger partial charge in [0.2, 0.25) is 21.5 Å². The summed E-state index contributed by atoms with van der Waals surface area (Å²) in [6, 6.07) is 35.1. The molecule has 0 saturated carbocycles. The number of ether oxygens (including phenoxy) is 1. The van der Waals surface area contributed by atoms with Crippen LogP contribution in [-0.2, 0) is 60.2 Å². The molecule has 0 saturated heterocycles. The number of rotatable bonds is 10. The minimum atomic E-state index is -3.22. The topological polar surface area (TPSA) is 434 Å². The van der Waals surface area contributed by atoms with E-state index in [-0.39, 0.29) is 245 Å². The Morgan fingerprint density at radius 2 is 0.930 bits per heavy atom. The predicted molar refractivity (Wildman–Crippen MR) is 485 cm³/mol. The van der Waals surface area contributed by atoms with E-state index in [1.165, 1.54) is 36.4 Å². The maximum absolute atomic E-state index is 12.3. The Bertz CT molecular complexity index is 5470. The number of carbonyl (C=O) groups is 7. The van der Waals surface area contributed by atoms with Gasteiger partial charge in [0.05, 0.1) is 105 Å². The second kappa shape index (κ2) is 77.9. The largest absolute Gasteiger partial charge is 1.00 e. The zero-order chi connectivity index (χ0) is 95.3. The van der Waals surface area contributed by atoms with Crippen LogP contribution >= 0.6 is 153 Å². The molecule has 53 heteroatoms. The molecular formula is C75H63BCl13FK2N19NaO14PS. The number of aliphatic hydroxyl groups is 2. The van der Waals surface area contributed by atoms with E-state index in [1.54, 1.807) is 135 Å². The first kappa shape index (κ1) is 130. The average molecular weight is 2110 g/mol. The molecule has 0 bridgehead atoms. The van der Waals surface area contributed by atoms with E-state index in [4.69, 9.17) is 176 Å². The van der Waals surface area contributed by atoms with Crippen molar-refractivity contribution in [2.75, 3.05) is 20.4 Å². The van der Waals surface area contributed by atoms with Crippen LogP contribution in [-0.4, -0.2) is 140 Å². The van der Waals surface area contributed by atoms with Gasteiger partial charge in [0, 0.05) is 48.9 Å². The van der Waals surface area contributed by atoms with E-state index in [0.717, 1.165) is 10.4 Å². The van der Waals surface area contributed by atoms with Crippen molar-refractivity contribution in [3.63, 3.8) is 0 Å². The number of fused-ring (bicyclic) bond motifs is 3. The van der Waals surface area contributed by atoms with Crippen molar-refractivity contribution < 1.29 is 209 Å². The summed E-state index contributed by atoms with van der Waals surface area (Å²) >= 11 is 59.8. The Balaban J connectivity index is -0.000000213. The van der Waals surface area contributed by atoms with Gasteiger partial charge in [-0.1, -0.05) is 177 Å². The number of carboxylic acid groups (broad SMARTS) is 1. The Labute approximate surface area is 914 Å². The van der Waals surface area contributed by atoms with Crippen LogP contribution in [0.4, 0.5) is 45.1 Å². The molecule has 128 heavy (non-hydrogen) atoms. The maximum Gasteiger partial charge on any atom is 1.00 e. The van der Waals surface area contributed by atoms with E-state index in [9.17, 15) is 37.7 Å². The number of benzene rings is 2. The third kappa shape index (κ3) is 52.0. The van der Waals surface area contributed by atoms with Gasteiger partial charge < -0.3 is 86.8 Å². The molecular weight excluding hydrogens is 2050 g/mol. The molecule has 0 fully saturated rings. The Morgan fingerprint density at radius 1 is 0.609 bits per heavy atom. The number of pyridine rings is 7. The number of carbonyl (C=O) groups excluding carboxylic acids is 6.